The second-order valence-electron chi connectivity index (χ2n) is 7.08. The zero-order valence-electron chi connectivity index (χ0n) is 17.3. The number of amides is 2. The Kier molecular flexibility index (Phi) is 7.22. The summed E-state index contributed by atoms with van der Waals surface area (Å²) in [6.07, 6.45) is 0. The van der Waals surface area contributed by atoms with Crippen LogP contribution in [0, 0.1) is 13.8 Å². The molecule has 0 aliphatic heterocycles. The topological polar surface area (TPSA) is 67.4 Å². The van der Waals surface area contributed by atoms with Crippen molar-refractivity contribution in [3.05, 3.63) is 89.5 Å². The summed E-state index contributed by atoms with van der Waals surface area (Å²) < 4.78 is 5.50. The van der Waals surface area contributed by atoms with E-state index >= 15 is 0 Å². The lowest BCUT2D eigenvalue weighted by molar-refractivity contribution is -0.123. The predicted octanol–water partition coefficient (Wildman–Crippen LogP) is 3.90. The van der Waals surface area contributed by atoms with E-state index < -0.39 is 0 Å². The molecule has 3 rings (SSSR count). The van der Waals surface area contributed by atoms with Gasteiger partial charge in [0.2, 0.25) is 0 Å². The predicted molar refractivity (Wildman–Crippen MR) is 119 cm³/mol. The fourth-order valence-corrected chi connectivity index (χ4v) is 2.93. The van der Waals surface area contributed by atoms with Gasteiger partial charge >= 0.3 is 0 Å². The highest BCUT2D eigenvalue weighted by Gasteiger charge is 2.07. The highest BCUT2D eigenvalue weighted by atomic mass is 16.5. The molecule has 0 heterocycles. The molecule has 0 atom stereocenters. The molecule has 0 saturated carbocycles. The minimum atomic E-state index is -0.227. The molecule has 5 heteroatoms. The fraction of sp³-hybridized carbons (Fsp3) is 0.200. The van der Waals surface area contributed by atoms with E-state index in [1.807, 2.05) is 74.5 Å². The Balaban J connectivity index is 1.38. The van der Waals surface area contributed by atoms with E-state index in [2.05, 4.69) is 10.6 Å². The van der Waals surface area contributed by atoms with Crippen LogP contribution in [0.15, 0.2) is 72.8 Å². The second kappa shape index (κ2) is 10.3. The van der Waals surface area contributed by atoms with Crippen LogP contribution in [0.2, 0.25) is 0 Å². The maximum Gasteiger partial charge on any atom is 0.258 e. The van der Waals surface area contributed by atoms with Crippen LogP contribution in [0.1, 0.15) is 21.5 Å². The third-order valence-corrected chi connectivity index (χ3v) is 4.84. The number of carbonyl (C=O) groups is 2. The Morgan fingerprint density at radius 3 is 2.13 bits per heavy atom. The van der Waals surface area contributed by atoms with E-state index in [1.54, 1.807) is 12.1 Å². The van der Waals surface area contributed by atoms with E-state index in [0.29, 0.717) is 24.4 Å². The molecule has 2 amide bonds. The van der Waals surface area contributed by atoms with Crippen molar-refractivity contribution in [3.63, 3.8) is 0 Å². The maximum atomic E-state index is 12.3. The van der Waals surface area contributed by atoms with Gasteiger partial charge < -0.3 is 15.4 Å². The van der Waals surface area contributed by atoms with Crippen molar-refractivity contribution < 1.29 is 14.3 Å². The number of nitrogens with one attached hydrogen (secondary N) is 2. The minimum Gasteiger partial charge on any atom is -0.484 e. The Morgan fingerprint density at radius 1 is 0.767 bits per heavy atom. The lowest BCUT2D eigenvalue weighted by Gasteiger charge is -2.10. The van der Waals surface area contributed by atoms with Crippen molar-refractivity contribution in [1.29, 1.82) is 0 Å². The maximum absolute atomic E-state index is 12.3. The van der Waals surface area contributed by atoms with E-state index in [-0.39, 0.29) is 18.4 Å². The first kappa shape index (κ1) is 21.1. The molecule has 0 saturated heterocycles. The summed E-state index contributed by atoms with van der Waals surface area (Å²) in [6.45, 7) is 4.65. The summed E-state index contributed by atoms with van der Waals surface area (Å²) in [5.74, 6) is 0.269. The van der Waals surface area contributed by atoms with Crippen LogP contribution in [0.3, 0.4) is 0 Å². The molecule has 3 aromatic carbocycles. The van der Waals surface area contributed by atoms with Gasteiger partial charge in [0.15, 0.2) is 6.61 Å². The molecular weight excluding hydrogens is 376 g/mol. The van der Waals surface area contributed by atoms with E-state index in [1.165, 1.54) is 5.56 Å². The average Bonchev–Trinajstić information content (AvgIpc) is 2.78. The van der Waals surface area contributed by atoms with Gasteiger partial charge in [0.25, 0.3) is 11.8 Å². The summed E-state index contributed by atoms with van der Waals surface area (Å²) in [5.41, 5.74) is 5.04. The first-order valence-electron chi connectivity index (χ1n) is 9.93. The first-order valence-corrected chi connectivity index (χ1v) is 9.93. The van der Waals surface area contributed by atoms with Crippen LogP contribution in [-0.2, 0) is 4.79 Å². The summed E-state index contributed by atoms with van der Waals surface area (Å²) in [6, 6.07) is 23.2. The van der Waals surface area contributed by atoms with Crippen LogP contribution in [0.25, 0.3) is 11.1 Å². The molecule has 0 aromatic heterocycles. The van der Waals surface area contributed by atoms with Crippen LogP contribution >= 0.6 is 0 Å². The molecule has 0 aliphatic rings. The van der Waals surface area contributed by atoms with E-state index in [4.69, 9.17) is 4.74 Å². The number of ether oxygens (including phenoxy) is 1. The van der Waals surface area contributed by atoms with Gasteiger partial charge in [0.1, 0.15) is 5.75 Å². The number of carbonyl (C=O) groups excluding carboxylic acids is 2. The molecule has 2 N–H and O–H groups in total. The third-order valence-electron chi connectivity index (χ3n) is 4.84. The van der Waals surface area contributed by atoms with Crippen molar-refractivity contribution in [2.75, 3.05) is 19.7 Å². The molecule has 3 aromatic rings. The fourth-order valence-electron chi connectivity index (χ4n) is 2.93. The Bertz CT molecular complexity index is 999. The van der Waals surface area contributed by atoms with Gasteiger partial charge in [-0.3, -0.25) is 9.59 Å². The molecule has 0 unspecified atom stereocenters. The van der Waals surface area contributed by atoms with Crippen LogP contribution in [-0.4, -0.2) is 31.5 Å². The molecule has 0 spiro atoms. The standard InChI is InChI=1S/C25H26N2O3/c1-18-8-13-23(16-19(18)2)30-17-24(28)26-14-15-27-25(29)22-11-9-21(10-12-22)20-6-4-3-5-7-20/h3-13,16H,14-15,17H2,1-2H3,(H,26,28)(H,27,29). The molecule has 0 bridgehead atoms. The second-order valence-corrected chi connectivity index (χ2v) is 7.08. The Labute approximate surface area is 177 Å². The summed E-state index contributed by atoms with van der Waals surface area (Å²) in [5, 5.41) is 5.54. The van der Waals surface area contributed by atoms with Crippen molar-refractivity contribution in [2.24, 2.45) is 0 Å². The average molecular weight is 402 g/mol. The lowest BCUT2D eigenvalue weighted by atomic mass is 10.0. The molecule has 0 fully saturated rings. The number of hydrogen-bond donors (Lipinski definition) is 2. The van der Waals surface area contributed by atoms with Gasteiger partial charge in [-0.1, -0.05) is 48.5 Å². The zero-order valence-corrected chi connectivity index (χ0v) is 17.3. The Hall–Kier alpha value is -3.60. The van der Waals surface area contributed by atoms with Crippen LogP contribution in [0.5, 0.6) is 5.75 Å². The molecule has 0 radical (unpaired) electrons. The monoisotopic (exact) mass is 402 g/mol. The van der Waals surface area contributed by atoms with Crippen LogP contribution in [0.4, 0.5) is 0 Å². The summed E-state index contributed by atoms with van der Waals surface area (Å²) >= 11 is 0. The number of rotatable bonds is 8. The third kappa shape index (κ3) is 5.95. The van der Waals surface area contributed by atoms with Gasteiger partial charge in [-0.25, -0.2) is 0 Å². The lowest BCUT2D eigenvalue weighted by Crippen LogP contribution is -2.36. The van der Waals surface area contributed by atoms with Gasteiger partial charge in [0, 0.05) is 18.7 Å². The SMILES string of the molecule is Cc1ccc(OCC(=O)NCCNC(=O)c2ccc(-c3ccccc3)cc2)cc1C. The number of benzene rings is 3. The largest absolute Gasteiger partial charge is 0.484 e. The highest BCUT2D eigenvalue weighted by Crippen LogP contribution is 2.19. The summed E-state index contributed by atoms with van der Waals surface area (Å²) in [4.78, 5) is 24.2. The minimum absolute atomic E-state index is 0.0581. The molecule has 30 heavy (non-hydrogen) atoms. The normalized spacial score (nSPS) is 10.3. The molecule has 154 valence electrons. The van der Waals surface area contributed by atoms with Gasteiger partial charge in [-0.05, 0) is 60.4 Å². The smallest absolute Gasteiger partial charge is 0.258 e. The van der Waals surface area contributed by atoms with Crippen molar-refractivity contribution in [2.45, 2.75) is 13.8 Å². The van der Waals surface area contributed by atoms with E-state index in [9.17, 15) is 9.59 Å². The number of aryl methyl sites for hydroxylation is 2. The quantitative estimate of drug-likeness (QED) is 0.562. The first-order chi connectivity index (χ1) is 14.5. The van der Waals surface area contributed by atoms with Gasteiger partial charge in [0.05, 0.1) is 0 Å². The highest BCUT2D eigenvalue weighted by molar-refractivity contribution is 5.94. The number of hydrogen-bond acceptors (Lipinski definition) is 3. The van der Waals surface area contributed by atoms with Crippen LogP contribution < -0.4 is 15.4 Å². The van der Waals surface area contributed by atoms with Crippen molar-refractivity contribution >= 4 is 11.8 Å². The van der Waals surface area contributed by atoms with Crippen molar-refractivity contribution in [3.8, 4) is 16.9 Å². The molecule has 5 nitrogen and oxygen atoms in total. The Morgan fingerprint density at radius 2 is 1.43 bits per heavy atom. The summed E-state index contributed by atoms with van der Waals surface area (Å²) in [7, 11) is 0. The van der Waals surface area contributed by atoms with E-state index in [0.717, 1.165) is 16.7 Å². The molecular formula is C25H26N2O3. The van der Waals surface area contributed by atoms with Crippen molar-refractivity contribution in [1.82, 2.24) is 10.6 Å². The van der Waals surface area contributed by atoms with Gasteiger partial charge in [-0.15, -0.1) is 0 Å². The molecule has 0 aliphatic carbocycles. The zero-order chi connectivity index (χ0) is 21.3. The van der Waals surface area contributed by atoms with Gasteiger partial charge in [-0.2, -0.15) is 0 Å².